The van der Waals surface area contributed by atoms with Gasteiger partial charge in [-0.25, -0.2) is 22.0 Å². The van der Waals surface area contributed by atoms with Crippen molar-refractivity contribution in [2.75, 3.05) is 6.54 Å². The molecular weight excluding hydrogens is 594 g/mol. The average Bonchev–Trinajstić information content (AvgIpc) is 3.51. The van der Waals surface area contributed by atoms with E-state index in [0.717, 1.165) is 29.2 Å². The Kier molecular flexibility index (Phi) is 6.40. The van der Waals surface area contributed by atoms with Crippen LogP contribution in [-0.4, -0.2) is 54.3 Å². The minimum Gasteiger partial charge on any atom is -0.331 e. The number of benzene rings is 2. The number of alkyl halides is 7. The van der Waals surface area contributed by atoms with Gasteiger partial charge >= 0.3 is 23.8 Å². The van der Waals surface area contributed by atoms with Gasteiger partial charge in [-0.1, -0.05) is 18.2 Å². The van der Waals surface area contributed by atoms with Crippen LogP contribution in [0.5, 0.6) is 0 Å². The molecule has 1 fully saturated rings. The summed E-state index contributed by atoms with van der Waals surface area (Å²) in [6, 6.07) is 3.54. The Morgan fingerprint density at radius 2 is 1.66 bits per heavy atom. The molecule has 1 N–H and O–H groups in total. The van der Waals surface area contributed by atoms with E-state index >= 15 is 0 Å². The average molecular weight is 611 g/mol. The smallest absolute Gasteiger partial charge is 0.331 e. The van der Waals surface area contributed by atoms with E-state index in [1.165, 1.54) is 0 Å². The highest BCUT2D eigenvalue weighted by molar-refractivity contribution is 7.92. The molecule has 0 radical (unpaired) electrons. The Labute approximate surface area is 224 Å². The first-order valence-electron chi connectivity index (χ1n) is 11.8. The van der Waals surface area contributed by atoms with Gasteiger partial charge < -0.3 is 4.90 Å². The second-order valence-electron chi connectivity index (χ2n) is 9.62. The Bertz CT molecular complexity index is 1670. The number of likely N-dealkylation sites (tertiary alicyclic amines) is 1. The molecule has 1 amide bonds. The molecule has 1 saturated heterocycles. The van der Waals surface area contributed by atoms with Gasteiger partial charge in [0, 0.05) is 12.1 Å². The zero-order chi connectivity index (χ0) is 30.2. The molecule has 2 heterocycles. The molecule has 1 aliphatic carbocycles. The number of amides is 1. The summed E-state index contributed by atoms with van der Waals surface area (Å²) in [7, 11) is -4.65. The molecule has 17 heteroatoms. The Hall–Kier alpha value is -3.76. The highest BCUT2D eigenvalue weighted by Crippen LogP contribution is 2.56. The first-order chi connectivity index (χ1) is 18.9. The number of aromatic nitrogens is 2. The predicted molar refractivity (Wildman–Crippen MR) is 121 cm³/mol. The van der Waals surface area contributed by atoms with Gasteiger partial charge in [0.25, 0.3) is 5.91 Å². The maximum atomic E-state index is 14.9. The van der Waals surface area contributed by atoms with E-state index in [4.69, 9.17) is 0 Å². The minimum atomic E-state index is -6.39. The van der Waals surface area contributed by atoms with E-state index in [1.807, 2.05) is 4.98 Å². The Balaban J connectivity index is 1.71. The van der Waals surface area contributed by atoms with E-state index in [0.29, 0.717) is 12.1 Å². The number of fused-ring (bicyclic) bond motifs is 3. The lowest BCUT2D eigenvalue weighted by molar-refractivity contribution is -0.348. The number of halogens is 8. The number of nitrogens with one attached hydrogen (secondary N) is 1. The molecule has 1 aromatic heterocycles. The number of aromatic amines is 1. The molecule has 5 rings (SSSR count). The number of hydrogen-bond donors (Lipinski definition) is 1. The van der Waals surface area contributed by atoms with Gasteiger partial charge in [0.1, 0.15) is 10.6 Å². The molecule has 41 heavy (non-hydrogen) atoms. The lowest BCUT2D eigenvalue weighted by atomic mass is 9.76. The van der Waals surface area contributed by atoms with Crippen LogP contribution < -0.4 is 5.76 Å². The molecule has 220 valence electrons. The maximum absolute atomic E-state index is 14.9. The van der Waals surface area contributed by atoms with Crippen LogP contribution in [0, 0.1) is 5.82 Å². The van der Waals surface area contributed by atoms with Crippen LogP contribution in [0.4, 0.5) is 35.1 Å². The number of carbonyl (C=O) groups excluding carboxylic acids is 1. The van der Waals surface area contributed by atoms with E-state index < -0.39 is 78.8 Å². The van der Waals surface area contributed by atoms with Crippen molar-refractivity contribution in [2.45, 2.75) is 53.0 Å². The lowest BCUT2D eigenvalue weighted by Crippen LogP contribution is -2.53. The Morgan fingerprint density at radius 3 is 2.22 bits per heavy atom. The number of H-pyrrole nitrogens is 1. The highest BCUT2D eigenvalue weighted by Gasteiger charge is 2.73. The normalized spacial score (nSPS) is 21.5. The van der Waals surface area contributed by atoms with Crippen LogP contribution in [0.15, 0.2) is 56.7 Å². The van der Waals surface area contributed by atoms with Gasteiger partial charge in [-0.15, -0.1) is 0 Å². The Morgan fingerprint density at radius 1 is 1.02 bits per heavy atom. The standard InChI is InChI=1S/C24H17F8N3O5S/c25-14-3-5-15(6-4-14)41(38,39)21-9-10-35(19(36)18-33-20(37)40-34-18)17(21)8-1-12-11-13(2-7-16(12)21)22(26,23(27,28)29)24(30,31)32/h2-7,11,17H,1,8-10H2,(H,33,34,37)/t17-,21-/m1/s1. The van der Waals surface area contributed by atoms with E-state index in [9.17, 15) is 53.1 Å². The van der Waals surface area contributed by atoms with Crippen molar-refractivity contribution >= 4 is 15.7 Å². The summed E-state index contributed by atoms with van der Waals surface area (Å²) < 4.78 is 140. The summed E-state index contributed by atoms with van der Waals surface area (Å²) in [5, 5.41) is 3.30. The van der Waals surface area contributed by atoms with Crippen molar-refractivity contribution in [1.82, 2.24) is 15.0 Å². The van der Waals surface area contributed by atoms with Gasteiger partial charge in [0.2, 0.25) is 5.82 Å². The number of nitrogens with zero attached hydrogens (tertiary/aromatic N) is 2. The fourth-order valence-corrected chi connectivity index (χ4v) is 8.12. The first-order valence-corrected chi connectivity index (χ1v) is 13.3. The zero-order valence-corrected chi connectivity index (χ0v) is 21.1. The largest absolute Gasteiger partial charge is 0.439 e. The highest BCUT2D eigenvalue weighted by atomic mass is 32.2. The molecular formula is C24H17F8N3O5S. The molecule has 2 aliphatic rings. The third-order valence-electron chi connectivity index (χ3n) is 7.57. The topological polar surface area (TPSA) is 113 Å². The second kappa shape index (κ2) is 9.12. The second-order valence-corrected chi connectivity index (χ2v) is 11.8. The summed E-state index contributed by atoms with van der Waals surface area (Å²) in [6.45, 7) is -0.293. The third kappa shape index (κ3) is 4.06. The van der Waals surface area contributed by atoms with Gasteiger partial charge in [0.05, 0.1) is 10.9 Å². The molecule has 0 unspecified atom stereocenters. The summed E-state index contributed by atoms with van der Waals surface area (Å²) in [4.78, 5) is 27.2. The monoisotopic (exact) mass is 611 g/mol. The summed E-state index contributed by atoms with van der Waals surface area (Å²) in [5.41, 5.74) is -8.07. The maximum Gasteiger partial charge on any atom is 0.439 e. The molecule has 1 aliphatic heterocycles. The number of aryl methyl sites for hydroxylation is 1. The summed E-state index contributed by atoms with van der Waals surface area (Å²) >= 11 is 0. The minimum absolute atomic E-state index is 0.226. The van der Waals surface area contributed by atoms with Crippen molar-refractivity contribution in [2.24, 2.45) is 0 Å². The van der Waals surface area contributed by atoms with Crippen molar-refractivity contribution < 1.29 is 52.9 Å². The molecule has 2 aromatic carbocycles. The van der Waals surface area contributed by atoms with Gasteiger partial charge in [-0.2, -0.15) is 26.3 Å². The molecule has 2 atom stereocenters. The number of sulfone groups is 1. The van der Waals surface area contributed by atoms with Crippen LogP contribution in [0.1, 0.15) is 40.2 Å². The zero-order valence-electron chi connectivity index (χ0n) is 20.3. The van der Waals surface area contributed by atoms with Crippen molar-refractivity contribution in [3.8, 4) is 0 Å². The number of rotatable bonds is 4. The van der Waals surface area contributed by atoms with Crippen LogP contribution >= 0.6 is 0 Å². The first kappa shape index (κ1) is 28.8. The number of carbonyl (C=O) groups is 1. The van der Waals surface area contributed by atoms with Crippen molar-refractivity contribution in [3.05, 3.63) is 81.3 Å². The van der Waals surface area contributed by atoms with Gasteiger partial charge in [-0.3, -0.25) is 14.3 Å². The van der Waals surface area contributed by atoms with Gasteiger partial charge in [-0.05, 0) is 59.8 Å². The SMILES string of the molecule is O=C(c1noc(=O)[nH]1)N1CC[C@@]2(S(=O)(=O)c3ccc(F)cc3)c3ccc(C(F)(C(F)(F)F)C(F)(F)F)cc3CC[C@@H]12. The molecule has 0 saturated carbocycles. The third-order valence-corrected chi connectivity index (χ3v) is 10.1. The van der Waals surface area contributed by atoms with Crippen molar-refractivity contribution in [1.29, 1.82) is 0 Å². The lowest BCUT2D eigenvalue weighted by Gasteiger charge is -2.43. The molecule has 8 nitrogen and oxygen atoms in total. The summed E-state index contributed by atoms with van der Waals surface area (Å²) in [6.07, 6.45) is -13.8. The summed E-state index contributed by atoms with van der Waals surface area (Å²) in [5.74, 6) is -3.38. The van der Waals surface area contributed by atoms with Crippen LogP contribution in [-0.2, 0) is 26.7 Å². The predicted octanol–water partition coefficient (Wildman–Crippen LogP) is 4.32. The van der Waals surface area contributed by atoms with E-state index in [2.05, 4.69) is 9.68 Å². The number of hydrogen-bond acceptors (Lipinski definition) is 6. The van der Waals surface area contributed by atoms with Crippen LogP contribution in [0.3, 0.4) is 0 Å². The molecule has 0 spiro atoms. The molecule has 3 aromatic rings. The quantitative estimate of drug-likeness (QED) is 0.348. The van der Waals surface area contributed by atoms with Gasteiger partial charge in [0.15, 0.2) is 9.84 Å². The van der Waals surface area contributed by atoms with Crippen molar-refractivity contribution in [3.63, 3.8) is 0 Å². The fraction of sp³-hybridized carbons (Fsp3) is 0.375. The van der Waals surface area contributed by atoms with E-state index in [1.54, 1.807) is 0 Å². The fourth-order valence-electron chi connectivity index (χ4n) is 5.76. The van der Waals surface area contributed by atoms with Crippen LogP contribution in [0.2, 0.25) is 0 Å². The molecule has 0 bridgehead atoms. The van der Waals surface area contributed by atoms with Crippen LogP contribution in [0.25, 0.3) is 0 Å². The van der Waals surface area contributed by atoms with E-state index in [-0.39, 0.29) is 36.6 Å².